The van der Waals surface area contributed by atoms with Crippen LogP contribution in [-0.4, -0.2) is 30.5 Å². The van der Waals surface area contributed by atoms with Crippen LogP contribution in [0.1, 0.15) is 20.3 Å². The van der Waals surface area contributed by atoms with E-state index in [1.54, 1.807) is 5.38 Å². The van der Waals surface area contributed by atoms with Crippen molar-refractivity contribution in [3.63, 3.8) is 0 Å². The standard InChI is InChI=1S/C18H21F2N3OS/c1-11-5-12(2)8-23(7-11)9-17(24)22-18-21-16(10-25-18)13-3-4-14(19)15(20)6-13/h3-4,6,10-12H,5,7-9H2,1-2H3,(H,21,22,24)/p+1/t11-,12+. The quantitative estimate of drug-likeness (QED) is 0.874. The summed E-state index contributed by atoms with van der Waals surface area (Å²) in [7, 11) is 0. The Morgan fingerprint density at radius 1 is 1.28 bits per heavy atom. The largest absolute Gasteiger partial charge is 0.327 e. The first-order chi connectivity index (χ1) is 11.9. The molecule has 0 saturated carbocycles. The number of thiazole rings is 1. The fourth-order valence-electron chi connectivity index (χ4n) is 3.58. The number of carbonyl (C=O) groups excluding carboxylic acids is 1. The van der Waals surface area contributed by atoms with E-state index in [1.807, 2.05) is 0 Å². The number of carbonyl (C=O) groups is 1. The van der Waals surface area contributed by atoms with Crippen LogP contribution in [0.25, 0.3) is 11.3 Å². The van der Waals surface area contributed by atoms with Gasteiger partial charge in [0.1, 0.15) is 0 Å². The number of halogens is 2. The molecule has 1 amide bonds. The lowest BCUT2D eigenvalue weighted by Gasteiger charge is -2.31. The van der Waals surface area contributed by atoms with Gasteiger partial charge in [0.15, 0.2) is 23.3 Å². The molecular weight excluding hydrogens is 344 g/mol. The molecule has 0 radical (unpaired) electrons. The molecule has 1 aliphatic heterocycles. The fourth-order valence-corrected chi connectivity index (χ4v) is 4.31. The number of benzene rings is 1. The van der Waals surface area contributed by atoms with Crippen LogP contribution in [0.4, 0.5) is 13.9 Å². The normalized spacial score (nSPS) is 23.4. The third kappa shape index (κ3) is 4.61. The number of hydrogen-bond acceptors (Lipinski definition) is 3. The Hall–Kier alpha value is -1.86. The average Bonchev–Trinajstić information content (AvgIpc) is 2.97. The summed E-state index contributed by atoms with van der Waals surface area (Å²) >= 11 is 1.28. The predicted octanol–water partition coefficient (Wildman–Crippen LogP) is 2.59. The smallest absolute Gasteiger partial charge is 0.281 e. The molecule has 0 bridgehead atoms. The number of hydrogen-bond donors (Lipinski definition) is 2. The Morgan fingerprint density at radius 2 is 2.00 bits per heavy atom. The Kier molecular flexibility index (Phi) is 5.44. The van der Waals surface area contributed by atoms with Gasteiger partial charge in [-0.05, 0) is 24.6 Å². The van der Waals surface area contributed by atoms with Crippen molar-refractivity contribution in [1.29, 1.82) is 0 Å². The highest BCUT2D eigenvalue weighted by atomic mass is 32.1. The van der Waals surface area contributed by atoms with Crippen LogP contribution in [0.3, 0.4) is 0 Å². The Morgan fingerprint density at radius 3 is 2.68 bits per heavy atom. The van der Waals surface area contributed by atoms with Crippen molar-refractivity contribution in [3.05, 3.63) is 35.2 Å². The van der Waals surface area contributed by atoms with Gasteiger partial charge in [0.25, 0.3) is 5.91 Å². The van der Waals surface area contributed by atoms with Crippen molar-refractivity contribution >= 4 is 22.4 Å². The lowest BCUT2D eigenvalue weighted by atomic mass is 9.92. The van der Waals surface area contributed by atoms with E-state index in [1.165, 1.54) is 28.7 Å². The van der Waals surface area contributed by atoms with Gasteiger partial charge >= 0.3 is 0 Å². The minimum atomic E-state index is -0.909. The highest BCUT2D eigenvalue weighted by Gasteiger charge is 2.26. The number of nitrogens with zero attached hydrogens (tertiary/aromatic N) is 1. The maximum absolute atomic E-state index is 13.3. The molecule has 1 fully saturated rings. The van der Waals surface area contributed by atoms with E-state index in [4.69, 9.17) is 0 Å². The summed E-state index contributed by atoms with van der Waals surface area (Å²) in [6, 6.07) is 3.65. The van der Waals surface area contributed by atoms with Crippen LogP contribution < -0.4 is 10.2 Å². The number of anilines is 1. The van der Waals surface area contributed by atoms with E-state index in [9.17, 15) is 13.6 Å². The second kappa shape index (κ2) is 7.58. The minimum Gasteiger partial charge on any atom is -0.327 e. The highest BCUT2D eigenvalue weighted by Crippen LogP contribution is 2.26. The van der Waals surface area contributed by atoms with Crippen molar-refractivity contribution < 1.29 is 18.5 Å². The molecule has 4 nitrogen and oxygen atoms in total. The van der Waals surface area contributed by atoms with Crippen molar-refractivity contribution in [1.82, 2.24) is 4.98 Å². The summed E-state index contributed by atoms with van der Waals surface area (Å²) in [6.07, 6.45) is 1.22. The van der Waals surface area contributed by atoms with Gasteiger partial charge in [0.05, 0.1) is 18.8 Å². The summed E-state index contributed by atoms with van der Waals surface area (Å²) in [6.45, 7) is 6.89. The molecule has 2 N–H and O–H groups in total. The number of quaternary nitrogens is 1. The third-order valence-corrected chi connectivity index (χ3v) is 5.21. The van der Waals surface area contributed by atoms with Crippen molar-refractivity contribution in [2.24, 2.45) is 11.8 Å². The molecule has 0 spiro atoms. The molecule has 134 valence electrons. The average molecular weight is 366 g/mol. The van der Waals surface area contributed by atoms with Gasteiger partial charge in [0.2, 0.25) is 0 Å². The topological polar surface area (TPSA) is 46.4 Å². The second-order valence-corrected chi connectivity index (χ2v) is 7.85. The summed E-state index contributed by atoms with van der Waals surface area (Å²) in [5.74, 6) is -0.603. The molecular formula is C18H22F2N3OS+. The molecule has 1 aromatic heterocycles. The van der Waals surface area contributed by atoms with Crippen LogP contribution in [0.5, 0.6) is 0 Å². The zero-order valence-corrected chi connectivity index (χ0v) is 15.1. The lowest BCUT2D eigenvalue weighted by Crippen LogP contribution is -3.15. The minimum absolute atomic E-state index is 0.0671. The first-order valence-electron chi connectivity index (χ1n) is 8.45. The molecule has 7 heteroatoms. The van der Waals surface area contributed by atoms with E-state index in [-0.39, 0.29) is 5.91 Å². The van der Waals surface area contributed by atoms with E-state index < -0.39 is 11.6 Å². The van der Waals surface area contributed by atoms with Gasteiger partial charge in [-0.15, -0.1) is 11.3 Å². The van der Waals surface area contributed by atoms with Crippen LogP contribution in [0, 0.1) is 23.5 Å². The van der Waals surface area contributed by atoms with E-state index in [0.29, 0.717) is 34.8 Å². The SMILES string of the molecule is C[C@@H]1C[C@H](C)C[NH+](CC(=O)Nc2nc(-c3ccc(F)c(F)c3)cs2)C1. The summed E-state index contributed by atoms with van der Waals surface area (Å²) in [4.78, 5) is 17.9. The summed E-state index contributed by atoms with van der Waals surface area (Å²) in [5.41, 5.74) is 1.01. The Balaban J connectivity index is 1.61. The molecule has 3 atom stereocenters. The number of piperidine rings is 1. The first kappa shape index (κ1) is 17.9. The highest BCUT2D eigenvalue weighted by molar-refractivity contribution is 7.14. The zero-order chi connectivity index (χ0) is 18.0. The lowest BCUT2D eigenvalue weighted by molar-refractivity contribution is -0.904. The molecule has 1 aliphatic rings. The van der Waals surface area contributed by atoms with Gasteiger partial charge in [0, 0.05) is 22.8 Å². The van der Waals surface area contributed by atoms with Crippen LogP contribution >= 0.6 is 11.3 Å². The maximum atomic E-state index is 13.3. The molecule has 1 aromatic carbocycles. The molecule has 25 heavy (non-hydrogen) atoms. The molecule has 1 saturated heterocycles. The number of amides is 1. The fraction of sp³-hybridized carbons (Fsp3) is 0.444. The van der Waals surface area contributed by atoms with Gasteiger partial charge in [-0.25, -0.2) is 13.8 Å². The van der Waals surface area contributed by atoms with Crippen LogP contribution in [0.2, 0.25) is 0 Å². The van der Waals surface area contributed by atoms with Gasteiger partial charge in [-0.1, -0.05) is 13.8 Å². The summed E-state index contributed by atoms with van der Waals surface area (Å²) in [5, 5.41) is 5.01. The number of aromatic nitrogens is 1. The third-order valence-electron chi connectivity index (χ3n) is 4.46. The predicted molar refractivity (Wildman–Crippen MR) is 94.6 cm³/mol. The number of likely N-dealkylation sites (tertiary alicyclic amines) is 1. The molecule has 1 unspecified atom stereocenters. The van der Waals surface area contributed by atoms with Crippen molar-refractivity contribution in [3.8, 4) is 11.3 Å². The Labute approximate surface area is 149 Å². The van der Waals surface area contributed by atoms with E-state index in [0.717, 1.165) is 25.2 Å². The van der Waals surface area contributed by atoms with Crippen molar-refractivity contribution in [2.45, 2.75) is 20.3 Å². The monoisotopic (exact) mass is 366 g/mol. The summed E-state index contributed by atoms with van der Waals surface area (Å²) < 4.78 is 26.4. The molecule has 0 aliphatic carbocycles. The van der Waals surface area contributed by atoms with Crippen LogP contribution in [-0.2, 0) is 4.79 Å². The van der Waals surface area contributed by atoms with Crippen molar-refractivity contribution in [2.75, 3.05) is 25.0 Å². The Bertz CT molecular complexity index is 755. The first-order valence-corrected chi connectivity index (χ1v) is 9.33. The molecule has 2 heterocycles. The number of rotatable bonds is 4. The van der Waals surface area contributed by atoms with Gasteiger partial charge in [-0.2, -0.15) is 0 Å². The second-order valence-electron chi connectivity index (χ2n) is 7.00. The van der Waals surface area contributed by atoms with E-state index >= 15 is 0 Å². The van der Waals surface area contributed by atoms with E-state index in [2.05, 4.69) is 24.1 Å². The van der Waals surface area contributed by atoms with Gasteiger partial charge < -0.3 is 4.90 Å². The molecule has 3 rings (SSSR count). The van der Waals surface area contributed by atoms with Crippen LogP contribution in [0.15, 0.2) is 23.6 Å². The molecule has 2 aromatic rings. The zero-order valence-electron chi connectivity index (χ0n) is 14.3. The maximum Gasteiger partial charge on any atom is 0.281 e. The number of nitrogens with one attached hydrogen (secondary N) is 2. The van der Waals surface area contributed by atoms with Gasteiger partial charge in [-0.3, -0.25) is 10.1 Å².